The maximum atomic E-state index is 11.9. The minimum atomic E-state index is -0.0500. The number of ether oxygens (including phenoxy) is 1. The van der Waals surface area contributed by atoms with Gasteiger partial charge in [0, 0.05) is 25.0 Å². The van der Waals surface area contributed by atoms with E-state index in [1.165, 1.54) is 11.8 Å². The topological polar surface area (TPSA) is 86.9 Å². The Bertz CT molecular complexity index is 750. The van der Waals surface area contributed by atoms with Crippen LogP contribution in [0.1, 0.15) is 24.4 Å². The van der Waals surface area contributed by atoms with Gasteiger partial charge in [-0.25, -0.2) is 0 Å². The van der Waals surface area contributed by atoms with Crippen LogP contribution in [0.4, 0.5) is 0 Å². The summed E-state index contributed by atoms with van der Waals surface area (Å²) in [6.45, 7) is 8.11. The number of amides is 1. The lowest BCUT2D eigenvalue weighted by molar-refractivity contribution is -0.118. The summed E-state index contributed by atoms with van der Waals surface area (Å²) in [5.41, 5.74) is 1.06. The van der Waals surface area contributed by atoms with Crippen molar-refractivity contribution in [2.75, 3.05) is 18.9 Å². The minimum Gasteiger partial charge on any atom is -0.376 e. The lowest BCUT2D eigenvalue weighted by Crippen LogP contribution is -2.25. The number of aryl methyl sites for hydroxylation is 1. The first-order chi connectivity index (χ1) is 12.7. The van der Waals surface area contributed by atoms with Crippen LogP contribution in [0.25, 0.3) is 0 Å². The third-order valence-electron chi connectivity index (χ3n) is 4.20. The molecule has 3 rings (SSSR count). The summed E-state index contributed by atoms with van der Waals surface area (Å²) in [7, 11) is 0. The summed E-state index contributed by atoms with van der Waals surface area (Å²) in [6, 6.07) is 1.96. The lowest BCUT2D eigenvalue weighted by Gasteiger charge is -2.15. The third kappa shape index (κ3) is 4.73. The molecule has 1 aliphatic rings. The van der Waals surface area contributed by atoms with Crippen LogP contribution in [0.15, 0.2) is 30.1 Å². The molecule has 2 aromatic rings. The Morgan fingerprint density at radius 3 is 3.12 bits per heavy atom. The van der Waals surface area contributed by atoms with Crippen molar-refractivity contribution >= 4 is 17.7 Å². The Labute approximate surface area is 157 Å². The average molecular weight is 376 g/mol. The molecule has 0 spiro atoms. The smallest absolute Gasteiger partial charge is 0.230 e. The van der Waals surface area contributed by atoms with Crippen LogP contribution in [0, 0.1) is 6.92 Å². The molecule has 1 atom stereocenters. The Kier molecular flexibility index (Phi) is 6.45. The lowest BCUT2D eigenvalue weighted by atomic mass is 10.2. The molecule has 26 heavy (non-hydrogen) atoms. The van der Waals surface area contributed by atoms with Crippen LogP contribution < -0.4 is 5.32 Å². The molecule has 0 unspecified atom stereocenters. The van der Waals surface area contributed by atoms with Gasteiger partial charge in [0.15, 0.2) is 11.0 Å². The van der Waals surface area contributed by atoms with Gasteiger partial charge in [-0.3, -0.25) is 9.48 Å². The van der Waals surface area contributed by atoms with E-state index in [1.807, 2.05) is 17.7 Å². The summed E-state index contributed by atoms with van der Waals surface area (Å²) in [6.07, 6.45) is 5.70. The Hall–Kier alpha value is -2.13. The first-order valence-electron chi connectivity index (χ1n) is 8.70. The predicted molar refractivity (Wildman–Crippen MR) is 99.0 cm³/mol. The van der Waals surface area contributed by atoms with Gasteiger partial charge in [-0.05, 0) is 25.8 Å². The number of rotatable bonds is 9. The fourth-order valence-corrected chi connectivity index (χ4v) is 3.58. The van der Waals surface area contributed by atoms with Crippen molar-refractivity contribution in [2.45, 2.75) is 44.1 Å². The largest absolute Gasteiger partial charge is 0.376 e. The molecule has 0 aliphatic carbocycles. The standard InChI is InChI=1S/C17H24N6O2S/c1-3-7-18-16(24)12-26-17-21-20-15(11-23-13(2)6-8-19-23)22(17)10-14-5-4-9-25-14/h3,6,8,14H,1,4-5,7,9-12H2,2H3,(H,18,24)/t14-/m0/s1. The summed E-state index contributed by atoms with van der Waals surface area (Å²) in [4.78, 5) is 11.9. The van der Waals surface area contributed by atoms with E-state index in [9.17, 15) is 4.79 Å². The molecule has 0 bridgehead atoms. The molecule has 8 nitrogen and oxygen atoms in total. The molecular weight excluding hydrogens is 352 g/mol. The van der Waals surface area contributed by atoms with Gasteiger partial charge in [-0.2, -0.15) is 5.10 Å². The van der Waals surface area contributed by atoms with E-state index < -0.39 is 0 Å². The average Bonchev–Trinajstić information content (AvgIpc) is 3.36. The quantitative estimate of drug-likeness (QED) is 0.526. The molecule has 0 aromatic carbocycles. The molecule has 2 aromatic heterocycles. The Balaban J connectivity index is 1.73. The van der Waals surface area contributed by atoms with E-state index in [-0.39, 0.29) is 17.8 Å². The number of thioether (sulfide) groups is 1. The minimum absolute atomic E-state index is 0.0500. The second-order valence-electron chi connectivity index (χ2n) is 6.16. The highest BCUT2D eigenvalue weighted by Crippen LogP contribution is 2.22. The first-order valence-corrected chi connectivity index (χ1v) is 9.68. The molecule has 9 heteroatoms. The van der Waals surface area contributed by atoms with Crippen molar-refractivity contribution in [2.24, 2.45) is 0 Å². The van der Waals surface area contributed by atoms with Gasteiger partial charge in [0.2, 0.25) is 5.91 Å². The van der Waals surface area contributed by atoms with Gasteiger partial charge in [-0.1, -0.05) is 17.8 Å². The number of hydrogen-bond acceptors (Lipinski definition) is 6. The molecule has 3 heterocycles. The Morgan fingerprint density at radius 1 is 1.54 bits per heavy atom. The molecule has 1 saturated heterocycles. The number of carbonyl (C=O) groups is 1. The second kappa shape index (κ2) is 9.00. The summed E-state index contributed by atoms with van der Waals surface area (Å²) in [5.74, 6) is 1.06. The highest BCUT2D eigenvalue weighted by molar-refractivity contribution is 7.99. The summed E-state index contributed by atoms with van der Waals surface area (Å²) in [5, 5.41) is 16.5. The molecule has 1 N–H and O–H groups in total. The van der Waals surface area contributed by atoms with Crippen LogP contribution in [-0.4, -0.2) is 55.5 Å². The number of aromatic nitrogens is 5. The zero-order chi connectivity index (χ0) is 18.4. The van der Waals surface area contributed by atoms with E-state index >= 15 is 0 Å². The third-order valence-corrected chi connectivity index (χ3v) is 5.17. The number of nitrogens with zero attached hydrogens (tertiary/aromatic N) is 5. The molecular formula is C17H24N6O2S. The van der Waals surface area contributed by atoms with E-state index in [0.29, 0.717) is 19.6 Å². The summed E-state index contributed by atoms with van der Waals surface area (Å²) >= 11 is 1.38. The van der Waals surface area contributed by atoms with Crippen molar-refractivity contribution in [3.8, 4) is 0 Å². The van der Waals surface area contributed by atoms with E-state index in [0.717, 1.165) is 36.1 Å². The molecule has 1 amide bonds. The molecule has 1 aliphatic heterocycles. The maximum Gasteiger partial charge on any atom is 0.230 e. The number of carbonyl (C=O) groups excluding carboxylic acids is 1. The van der Waals surface area contributed by atoms with Crippen LogP contribution >= 0.6 is 11.8 Å². The molecule has 0 radical (unpaired) electrons. The highest BCUT2D eigenvalue weighted by atomic mass is 32.2. The van der Waals surface area contributed by atoms with Crippen molar-refractivity contribution in [1.29, 1.82) is 0 Å². The van der Waals surface area contributed by atoms with Crippen LogP contribution in [0.3, 0.4) is 0 Å². The molecule has 140 valence electrons. The van der Waals surface area contributed by atoms with Gasteiger partial charge in [0.05, 0.1) is 18.4 Å². The van der Waals surface area contributed by atoms with Crippen molar-refractivity contribution in [3.05, 3.63) is 36.4 Å². The fraction of sp³-hybridized carbons (Fsp3) is 0.529. The van der Waals surface area contributed by atoms with Crippen molar-refractivity contribution < 1.29 is 9.53 Å². The van der Waals surface area contributed by atoms with E-state index in [2.05, 4.69) is 31.8 Å². The SMILES string of the molecule is C=CCNC(=O)CSc1nnc(Cn2nccc2C)n1C[C@@H]1CCCO1. The van der Waals surface area contributed by atoms with E-state index in [1.54, 1.807) is 12.3 Å². The molecule has 1 fully saturated rings. The van der Waals surface area contributed by atoms with Gasteiger partial charge in [0.25, 0.3) is 0 Å². The van der Waals surface area contributed by atoms with Gasteiger partial charge in [0.1, 0.15) is 6.54 Å². The zero-order valence-corrected chi connectivity index (χ0v) is 15.7. The first kappa shape index (κ1) is 18.7. The van der Waals surface area contributed by atoms with Crippen molar-refractivity contribution in [3.63, 3.8) is 0 Å². The highest BCUT2D eigenvalue weighted by Gasteiger charge is 2.22. The van der Waals surface area contributed by atoms with Gasteiger partial charge < -0.3 is 14.6 Å². The maximum absolute atomic E-state index is 11.9. The van der Waals surface area contributed by atoms with Crippen LogP contribution in [0.2, 0.25) is 0 Å². The van der Waals surface area contributed by atoms with E-state index in [4.69, 9.17) is 4.74 Å². The normalized spacial score (nSPS) is 16.7. The second-order valence-corrected chi connectivity index (χ2v) is 7.10. The van der Waals surface area contributed by atoms with Gasteiger partial charge in [-0.15, -0.1) is 16.8 Å². The van der Waals surface area contributed by atoms with Crippen LogP contribution in [0.5, 0.6) is 0 Å². The van der Waals surface area contributed by atoms with Gasteiger partial charge >= 0.3 is 0 Å². The summed E-state index contributed by atoms with van der Waals surface area (Å²) < 4.78 is 9.72. The monoisotopic (exact) mass is 376 g/mol. The fourth-order valence-electron chi connectivity index (χ4n) is 2.78. The molecule has 0 saturated carbocycles. The van der Waals surface area contributed by atoms with Crippen LogP contribution in [-0.2, 0) is 22.6 Å². The predicted octanol–water partition coefficient (Wildman–Crippen LogP) is 1.40. The number of hydrogen-bond donors (Lipinski definition) is 1. The Morgan fingerprint density at radius 2 is 2.42 bits per heavy atom. The number of nitrogens with one attached hydrogen (secondary N) is 1. The zero-order valence-electron chi connectivity index (χ0n) is 14.9. The van der Waals surface area contributed by atoms with Crippen molar-refractivity contribution in [1.82, 2.24) is 29.9 Å².